The monoisotopic (exact) mass is 296 g/mol. The van der Waals surface area contributed by atoms with Gasteiger partial charge in [0.2, 0.25) is 11.9 Å². The van der Waals surface area contributed by atoms with E-state index in [-0.39, 0.29) is 11.9 Å². The van der Waals surface area contributed by atoms with Crippen LogP contribution in [0.3, 0.4) is 0 Å². The summed E-state index contributed by atoms with van der Waals surface area (Å²) < 4.78 is 0. The maximum atomic E-state index is 12.4. The first-order valence-electron chi connectivity index (χ1n) is 7.60. The first-order chi connectivity index (χ1) is 10.8. The number of benzene rings is 1. The number of aryl methyl sites for hydroxylation is 1. The molecule has 0 saturated carbocycles. The zero-order chi connectivity index (χ0) is 15.4. The predicted octanol–water partition coefficient (Wildman–Crippen LogP) is 2.42. The summed E-state index contributed by atoms with van der Waals surface area (Å²) in [7, 11) is 1.90. The third kappa shape index (κ3) is 3.08. The van der Waals surface area contributed by atoms with Crippen LogP contribution in [-0.4, -0.2) is 34.4 Å². The molecule has 5 heteroatoms. The number of anilines is 1. The first kappa shape index (κ1) is 14.5. The van der Waals surface area contributed by atoms with Crippen LogP contribution in [0.15, 0.2) is 42.7 Å². The lowest BCUT2D eigenvalue weighted by molar-refractivity contribution is -0.131. The molecule has 3 rings (SSSR count). The number of fused-ring (bicyclic) bond motifs is 1. The maximum absolute atomic E-state index is 12.4. The molecule has 1 aromatic heterocycles. The van der Waals surface area contributed by atoms with Crippen molar-refractivity contribution in [2.45, 2.75) is 25.3 Å². The lowest BCUT2D eigenvalue weighted by Crippen LogP contribution is -2.31. The second-order valence-corrected chi connectivity index (χ2v) is 5.51. The molecule has 1 N–H and O–H groups in total. The largest absolute Gasteiger partial charge is 0.354 e. The fourth-order valence-corrected chi connectivity index (χ4v) is 2.96. The molecule has 1 aliphatic rings. The van der Waals surface area contributed by atoms with E-state index < -0.39 is 0 Å². The van der Waals surface area contributed by atoms with Crippen LogP contribution < -0.4 is 5.32 Å². The molecule has 5 nitrogen and oxygen atoms in total. The molecule has 0 aliphatic heterocycles. The molecule has 1 atom stereocenters. The molecule has 22 heavy (non-hydrogen) atoms. The fourth-order valence-electron chi connectivity index (χ4n) is 2.96. The second-order valence-electron chi connectivity index (χ2n) is 5.51. The van der Waals surface area contributed by atoms with Gasteiger partial charge in [0.05, 0.1) is 6.04 Å². The van der Waals surface area contributed by atoms with Gasteiger partial charge in [-0.05, 0) is 30.0 Å². The van der Waals surface area contributed by atoms with Crippen LogP contribution in [0.2, 0.25) is 0 Å². The minimum Gasteiger partial charge on any atom is -0.354 e. The third-order valence-electron chi connectivity index (χ3n) is 4.15. The number of nitrogens with zero attached hydrogens (tertiary/aromatic N) is 3. The average molecular weight is 296 g/mol. The van der Waals surface area contributed by atoms with Crippen LogP contribution in [0.25, 0.3) is 0 Å². The summed E-state index contributed by atoms with van der Waals surface area (Å²) in [5, 5.41) is 3.07. The quantitative estimate of drug-likeness (QED) is 0.920. The van der Waals surface area contributed by atoms with Gasteiger partial charge in [-0.25, -0.2) is 9.97 Å². The van der Waals surface area contributed by atoms with E-state index in [1.54, 1.807) is 18.5 Å². The lowest BCUT2D eigenvalue weighted by atomic mass is 10.1. The Balaban J connectivity index is 1.54. The van der Waals surface area contributed by atoms with E-state index in [1.165, 1.54) is 11.1 Å². The zero-order valence-corrected chi connectivity index (χ0v) is 12.7. The van der Waals surface area contributed by atoms with E-state index in [9.17, 15) is 4.79 Å². The Morgan fingerprint density at radius 2 is 2.05 bits per heavy atom. The Hall–Kier alpha value is -2.43. The molecular weight excluding hydrogens is 276 g/mol. The van der Waals surface area contributed by atoms with E-state index in [0.29, 0.717) is 18.9 Å². The minimum absolute atomic E-state index is 0.144. The Morgan fingerprint density at radius 1 is 1.27 bits per heavy atom. The standard InChI is InChI=1S/C17H20N4O/c1-21(15-8-7-13-5-2-3-6-14(13)15)16(22)9-12-20-17-18-10-4-11-19-17/h2-6,10-11,15H,7-9,12H2,1H3,(H,18,19,20). The van der Waals surface area contributed by atoms with Crippen LogP contribution in [0, 0.1) is 0 Å². The Morgan fingerprint density at radius 3 is 2.86 bits per heavy atom. The summed E-state index contributed by atoms with van der Waals surface area (Å²) in [5.41, 5.74) is 2.65. The number of nitrogens with one attached hydrogen (secondary N) is 1. The normalized spacial score (nSPS) is 16.1. The highest BCUT2D eigenvalue weighted by atomic mass is 16.2. The van der Waals surface area contributed by atoms with Crippen molar-refractivity contribution in [2.75, 3.05) is 18.9 Å². The SMILES string of the molecule is CN(C(=O)CCNc1ncccn1)C1CCc2ccccc21. The number of aromatic nitrogens is 2. The Bertz CT molecular complexity index is 644. The topological polar surface area (TPSA) is 58.1 Å². The zero-order valence-electron chi connectivity index (χ0n) is 12.7. The van der Waals surface area contributed by atoms with Crippen molar-refractivity contribution in [3.63, 3.8) is 0 Å². The molecule has 0 spiro atoms. The summed E-state index contributed by atoms with van der Waals surface area (Å²) in [6.45, 7) is 0.543. The molecule has 0 radical (unpaired) electrons. The Labute approximate surface area is 130 Å². The van der Waals surface area contributed by atoms with Gasteiger partial charge in [-0.3, -0.25) is 4.79 Å². The highest BCUT2D eigenvalue weighted by Crippen LogP contribution is 2.34. The number of amides is 1. The van der Waals surface area contributed by atoms with Gasteiger partial charge in [-0.15, -0.1) is 0 Å². The van der Waals surface area contributed by atoms with Crippen LogP contribution >= 0.6 is 0 Å². The van der Waals surface area contributed by atoms with E-state index in [1.807, 2.05) is 18.0 Å². The van der Waals surface area contributed by atoms with Crippen molar-refractivity contribution in [2.24, 2.45) is 0 Å². The molecule has 0 bridgehead atoms. The molecule has 1 unspecified atom stereocenters. The van der Waals surface area contributed by atoms with Crippen molar-refractivity contribution in [3.8, 4) is 0 Å². The van der Waals surface area contributed by atoms with Gasteiger partial charge in [-0.2, -0.15) is 0 Å². The van der Waals surface area contributed by atoms with Crippen LogP contribution in [-0.2, 0) is 11.2 Å². The first-order valence-corrected chi connectivity index (χ1v) is 7.60. The number of carbonyl (C=O) groups excluding carboxylic acids is 1. The van der Waals surface area contributed by atoms with Gasteiger partial charge in [0.15, 0.2) is 0 Å². The summed E-state index contributed by atoms with van der Waals surface area (Å²) in [6.07, 6.45) is 5.86. The molecule has 0 saturated heterocycles. The van der Waals surface area contributed by atoms with Gasteiger partial charge < -0.3 is 10.2 Å². The predicted molar refractivity (Wildman–Crippen MR) is 85.4 cm³/mol. The molecule has 1 aliphatic carbocycles. The molecular formula is C17H20N4O. The van der Waals surface area contributed by atoms with Crippen molar-refractivity contribution in [1.82, 2.24) is 14.9 Å². The highest BCUT2D eigenvalue weighted by Gasteiger charge is 2.27. The molecule has 2 aromatic rings. The van der Waals surface area contributed by atoms with Gasteiger partial charge in [0, 0.05) is 32.4 Å². The van der Waals surface area contributed by atoms with Gasteiger partial charge in [0.1, 0.15) is 0 Å². The smallest absolute Gasteiger partial charge is 0.224 e. The van der Waals surface area contributed by atoms with Crippen molar-refractivity contribution in [1.29, 1.82) is 0 Å². The third-order valence-corrected chi connectivity index (χ3v) is 4.15. The molecule has 1 heterocycles. The van der Waals surface area contributed by atoms with Gasteiger partial charge in [-0.1, -0.05) is 24.3 Å². The maximum Gasteiger partial charge on any atom is 0.224 e. The van der Waals surface area contributed by atoms with E-state index >= 15 is 0 Å². The summed E-state index contributed by atoms with van der Waals surface area (Å²) >= 11 is 0. The summed E-state index contributed by atoms with van der Waals surface area (Å²) in [6, 6.07) is 10.4. The number of hydrogen-bond acceptors (Lipinski definition) is 4. The fraction of sp³-hybridized carbons (Fsp3) is 0.353. The number of rotatable bonds is 5. The summed E-state index contributed by atoms with van der Waals surface area (Å²) in [5.74, 6) is 0.703. The van der Waals surface area contributed by atoms with Crippen molar-refractivity contribution >= 4 is 11.9 Å². The van der Waals surface area contributed by atoms with E-state index in [2.05, 4.69) is 33.5 Å². The molecule has 1 aromatic carbocycles. The Kier molecular flexibility index (Phi) is 4.32. The van der Waals surface area contributed by atoms with E-state index in [0.717, 1.165) is 12.8 Å². The highest BCUT2D eigenvalue weighted by molar-refractivity contribution is 5.77. The van der Waals surface area contributed by atoms with Crippen LogP contribution in [0.4, 0.5) is 5.95 Å². The van der Waals surface area contributed by atoms with E-state index in [4.69, 9.17) is 0 Å². The van der Waals surface area contributed by atoms with Crippen LogP contribution in [0.1, 0.15) is 30.0 Å². The number of hydrogen-bond donors (Lipinski definition) is 1. The van der Waals surface area contributed by atoms with Crippen molar-refractivity contribution in [3.05, 3.63) is 53.9 Å². The summed E-state index contributed by atoms with van der Waals surface area (Å²) in [4.78, 5) is 22.4. The minimum atomic E-state index is 0.144. The molecule has 114 valence electrons. The average Bonchev–Trinajstić information content (AvgIpc) is 2.99. The van der Waals surface area contributed by atoms with Crippen LogP contribution in [0.5, 0.6) is 0 Å². The molecule has 0 fully saturated rings. The lowest BCUT2D eigenvalue weighted by Gasteiger charge is -2.25. The van der Waals surface area contributed by atoms with Gasteiger partial charge >= 0.3 is 0 Å². The second kappa shape index (κ2) is 6.56. The molecule has 1 amide bonds. The van der Waals surface area contributed by atoms with Gasteiger partial charge in [0.25, 0.3) is 0 Å². The number of carbonyl (C=O) groups is 1. The van der Waals surface area contributed by atoms with Crippen molar-refractivity contribution < 1.29 is 4.79 Å².